The second-order valence-corrected chi connectivity index (χ2v) is 6.51. The fourth-order valence-corrected chi connectivity index (χ4v) is 3.04. The third-order valence-electron chi connectivity index (χ3n) is 4.65. The number of benzene rings is 1. The van der Waals surface area contributed by atoms with Crippen LogP contribution in [0.2, 0.25) is 0 Å². The van der Waals surface area contributed by atoms with E-state index in [1.165, 1.54) is 12.0 Å². The first-order chi connectivity index (χ1) is 10.8. The van der Waals surface area contributed by atoms with Crippen LogP contribution in [0.5, 0.6) is 0 Å². The highest BCUT2D eigenvalue weighted by Crippen LogP contribution is 2.29. The number of nitrogens with zero attached hydrogens (tertiary/aromatic N) is 3. The molecule has 0 amide bonds. The van der Waals surface area contributed by atoms with Crippen molar-refractivity contribution in [3.8, 4) is 0 Å². The van der Waals surface area contributed by atoms with Gasteiger partial charge in [0.25, 0.3) is 0 Å². The van der Waals surface area contributed by atoms with E-state index in [4.69, 9.17) is 0 Å². The Balaban J connectivity index is 0.00000192. The lowest BCUT2D eigenvalue weighted by atomic mass is 10.2. The van der Waals surface area contributed by atoms with E-state index in [1.807, 2.05) is 0 Å². The molecule has 3 rings (SSSR count). The number of aliphatic imine (C=N–C) groups is 1. The standard InChI is InChI=1S/C18H28N4.HI/c1-3-19-18(20-17-13-15(17)2)22-11-9-21(10-12-22)14-16-7-5-4-6-8-16;/h4-8,15,17H,3,9-14H2,1-2H3,(H,19,20);1H. The molecule has 5 heteroatoms. The van der Waals surface area contributed by atoms with Crippen molar-refractivity contribution in [3.63, 3.8) is 0 Å². The molecule has 1 aromatic carbocycles. The monoisotopic (exact) mass is 428 g/mol. The number of halogens is 1. The molecule has 1 aliphatic heterocycles. The molecule has 1 saturated heterocycles. The van der Waals surface area contributed by atoms with Gasteiger partial charge in [-0.1, -0.05) is 37.3 Å². The molecule has 128 valence electrons. The average Bonchev–Trinajstić information content (AvgIpc) is 3.24. The Kier molecular flexibility index (Phi) is 7.14. The number of guanidine groups is 1. The molecule has 2 aliphatic rings. The predicted octanol–water partition coefficient (Wildman–Crippen LogP) is 2.80. The molecule has 1 saturated carbocycles. The first-order valence-electron chi connectivity index (χ1n) is 8.58. The molecule has 1 aliphatic carbocycles. The van der Waals surface area contributed by atoms with Crippen LogP contribution in [-0.4, -0.2) is 54.5 Å². The molecule has 2 unspecified atom stereocenters. The van der Waals surface area contributed by atoms with Gasteiger partial charge in [-0.25, -0.2) is 0 Å². The highest BCUT2D eigenvalue weighted by Gasteiger charge is 2.34. The molecule has 23 heavy (non-hydrogen) atoms. The zero-order valence-corrected chi connectivity index (χ0v) is 16.6. The summed E-state index contributed by atoms with van der Waals surface area (Å²) in [6.45, 7) is 10.7. The van der Waals surface area contributed by atoms with Crippen LogP contribution in [0, 0.1) is 5.92 Å². The molecule has 0 bridgehead atoms. The highest BCUT2D eigenvalue weighted by atomic mass is 127. The van der Waals surface area contributed by atoms with Crippen LogP contribution in [0.25, 0.3) is 0 Å². The maximum Gasteiger partial charge on any atom is 0.194 e. The van der Waals surface area contributed by atoms with Crippen LogP contribution >= 0.6 is 24.0 Å². The Morgan fingerprint density at radius 1 is 1.17 bits per heavy atom. The number of rotatable bonds is 4. The normalized spacial score (nSPS) is 25.0. The molecule has 1 heterocycles. The van der Waals surface area contributed by atoms with Crippen molar-refractivity contribution in [2.75, 3.05) is 32.7 Å². The van der Waals surface area contributed by atoms with Gasteiger partial charge in [0.05, 0.1) is 0 Å². The van der Waals surface area contributed by atoms with E-state index >= 15 is 0 Å². The van der Waals surface area contributed by atoms with Gasteiger partial charge in [-0.2, -0.15) is 0 Å². The summed E-state index contributed by atoms with van der Waals surface area (Å²) in [7, 11) is 0. The van der Waals surface area contributed by atoms with Gasteiger partial charge in [0.2, 0.25) is 0 Å². The molecular formula is C18H29IN4. The largest absolute Gasteiger partial charge is 0.353 e. The molecule has 1 N–H and O–H groups in total. The first kappa shape index (κ1) is 18.5. The minimum absolute atomic E-state index is 0. The highest BCUT2D eigenvalue weighted by molar-refractivity contribution is 14.0. The van der Waals surface area contributed by atoms with E-state index in [1.54, 1.807) is 0 Å². The molecule has 2 fully saturated rings. The van der Waals surface area contributed by atoms with Gasteiger partial charge in [-0.3, -0.25) is 9.89 Å². The van der Waals surface area contributed by atoms with Gasteiger partial charge in [-0.15, -0.1) is 24.0 Å². The van der Waals surface area contributed by atoms with Crippen LogP contribution in [0.1, 0.15) is 25.8 Å². The van der Waals surface area contributed by atoms with Crippen LogP contribution in [-0.2, 0) is 6.54 Å². The van der Waals surface area contributed by atoms with Gasteiger partial charge >= 0.3 is 0 Å². The minimum atomic E-state index is 0. The van der Waals surface area contributed by atoms with Crippen molar-refractivity contribution in [1.29, 1.82) is 0 Å². The van der Waals surface area contributed by atoms with Crippen LogP contribution in [0.4, 0.5) is 0 Å². The van der Waals surface area contributed by atoms with Crippen LogP contribution < -0.4 is 5.32 Å². The van der Waals surface area contributed by atoms with Crippen molar-refractivity contribution in [2.24, 2.45) is 10.9 Å². The number of piperazine rings is 1. The van der Waals surface area contributed by atoms with Gasteiger partial charge in [0, 0.05) is 45.3 Å². The fourth-order valence-electron chi connectivity index (χ4n) is 3.04. The quantitative estimate of drug-likeness (QED) is 0.455. The van der Waals surface area contributed by atoms with E-state index in [2.05, 4.69) is 64.3 Å². The molecule has 1 aromatic rings. The van der Waals surface area contributed by atoms with Gasteiger partial charge in [0.1, 0.15) is 0 Å². The van der Waals surface area contributed by atoms with E-state index in [9.17, 15) is 0 Å². The third-order valence-corrected chi connectivity index (χ3v) is 4.65. The third kappa shape index (κ3) is 5.35. The molecule has 0 spiro atoms. The number of hydrogen-bond acceptors (Lipinski definition) is 2. The van der Waals surface area contributed by atoms with E-state index in [0.29, 0.717) is 6.04 Å². The number of nitrogens with one attached hydrogen (secondary N) is 1. The summed E-state index contributed by atoms with van der Waals surface area (Å²) in [6.07, 6.45) is 1.29. The van der Waals surface area contributed by atoms with Crippen LogP contribution in [0.3, 0.4) is 0 Å². The summed E-state index contributed by atoms with van der Waals surface area (Å²) in [6, 6.07) is 11.4. The maximum absolute atomic E-state index is 4.68. The predicted molar refractivity (Wildman–Crippen MR) is 107 cm³/mol. The molecule has 2 atom stereocenters. The van der Waals surface area contributed by atoms with E-state index in [0.717, 1.165) is 51.1 Å². The topological polar surface area (TPSA) is 30.9 Å². The zero-order chi connectivity index (χ0) is 15.4. The Morgan fingerprint density at radius 2 is 1.83 bits per heavy atom. The van der Waals surface area contributed by atoms with Crippen molar-refractivity contribution in [2.45, 2.75) is 32.9 Å². The molecular weight excluding hydrogens is 399 g/mol. The Morgan fingerprint density at radius 3 is 2.39 bits per heavy atom. The summed E-state index contributed by atoms with van der Waals surface area (Å²) in [5.41, 5.74) is 1.41. The lowest BCUT2D eigenvalue weighted by Gasteiger charge is -2.36. The van der Waals surface area contributed by atoms with Crippen molar-refractivity contribution in [1.82, 2.24) is 15.1 Å². The summed E-state index contributed by atoms with van der Waals surface area (Å²) < 4.78 is 0. The Hall–Kier alpha value is -0.820. The van der Waals surface area contributed by atoms with Crippen molar-refractivity contribution < 1.29 is 0 Å². The van der Waals surface area contributed by atoms with Crippen LogP contribution in [0.15, 0.2) is 35.3 Å². The van der Waals surface area contributed by atoms with Crippen molar-refractivity contribution >= 4 is 29.9 Å². The van der Waals surface area contributed by atoms with Gasteiger partial charge in [0.15, 0.2) is 5.96 Å². The number of hydrogen-bond donors (Lipinski definition) is 1. The lowest BCUT2D eigenvalue weighted by Crippen LogP contribution is -2.52. The smallest absolute Gasteiger partial charge is 0.194 e. The first-order valence-corrected chi connectivity index (χ1v) is 8.58. The van der Waals surface area contributed by atoms with E-state index in [-0.39, 0.29) is 24.0 Å². The zero-order valence-electron chi connectivity index (χ0n) is 14.2. The average molecular weight is 428 g/mol. The Bertz CT molecular complexity index is 497. The summed E-state index contributed by atoms with van der Waals surface area (Å²) in [5, 5.41) is 3.63. The van der Waals surface area contributed by atoms with Gasteiger partial charge < -0.3 is 10.2 Å². The summed E-state index contributed by atoms with van der Waals surface area (Å²) >= 11 is 0. The minimum Gasteiger partial charge on any atom is -0.353 e. The SMILES string of the molecule is CCN=C(NC1CC1C)N1CCN(Cc2ccccc2)CC1.I. The van der Waals surface area contributed by atoms with E-state index < -0.39 is 0 Å². The van der Waals surface area contributed by atoms with Crippen molar-refractivity contribution in [3.05, 3.63) is 35.9 Å². The maximum atomic E-state index is 4.68. The molecule has 0 aromatic heterocycles. The molecule has 0 radical (unpaired) electrons. The second kappa shape index (κ2) is 8.87. The fraction of sp³-hybridized carbons (Fsp3) is 0.611. The summed E-state index contributed by atoms with van der Waals surface area (Å²) in [5.74, 6) is 1.93. The Labute approximate surface area is 157 Å². The molecule has 4 nitrogen and oxygen atoms in total. The lowest BCUT2D eigenvalue weighted by molar-refractivity contribution is 0.172. The summed E-state index contributed by atoms with van der Waals surface area (Å²) in [4.78, 5) is 9.65. The van der Waals surface area contributed by atoms with Gasteiger partial charge in [-0.05, 0) is 24.8 Å². The second-order valence-electron chi connectivity index (χ2n) is 6.51.